The molecule has 0 unspecified atom stereocenters. The van der Waals surface area contributed by atoms with Crippen molar-refractivity contribution >= 4 is 0 Å². The molecular formula is C11H19N3O2. The molecule has 0 aromatic carbocycles. The third-order valence-electron chi connectivity index (χ3n) is 2.83. The van der Waals surface area contributed by atoms with Crippen LogP contribution < -0.4 is 0 Å². The number of imidazole rings is 1. The van der Waals surface area contributed by atoms with Gasteiger partial charge in [-0.2, -0.15) is 0 Å². The van der Waals surface area contributed by atoms with Gasteiger partial charge in [0.15, 0.2) is 0 Å². The highest BCUT2D eigenvalue weighted by atomic mass is 16.5. The fourth-order valence-corrected chi connectivity index (χ4v) is 1.90. The summed E-state index contributed by atoms with van der Waals surface area (Å²) in [7, 11) is 0. The van der Waals surface area contributed by atoms with Gasteiger partial charge in [0.25, 0.3) is 0 Å². The van der Waals surface area contributed by atoms with Crippen molar-refractivity contribution in [3.63, 3.8) is 0 Å². The predicted molar refractivity (Wildman–Crippen MR) is 60.0 cm³/mol. The zero-order valence-electron chi connectivity index (χ0n) is 9.51. The Balaban J connectivity index is 1.89. The molecule has 1 saturated heterocycles. The Bertz CT molecular complexity index is 308. The van der Waals surface area contributed by atoms with E-state index in [2.05, 4.69) is 14.5 Å². The molecule has 1 aliphatic rings. The summed E-state index contributed by atoms with van der Waals surface area (Å²) in [6, 6.07) is 0. The third kappa shape index (κ3) is 3.04. The third-order valence-corrected chi connectivity index (χ3v) is 2.83. The molecule has 0 spiro atoms. The van der Waals surface area contributed by atoms with E-state index in [0.717, 1.165) is 51.6 Å². The van der Waals surface area contributed by atoms with Gasteiger partial charge in [-0.15, -0.1) is 0 Å². The van der Waals surface area contributed by atoms with Crippen LogP contribution in [0.5, 0.6) is 0 Å². The average Bonchev–Trinajstić information content (AvgIpc) is 2.75. The van der Waals surface area contributed by atoms with Crippen molar-refractivity contribution in [2.45, 2.75) is 19.5 Å². The van der Waals surface area contributed by atoms with Crippen molar-refractivity contribution in [2.24, 2.45) is 0 Å². The second-order valence-corrected chi connectivity index (χ2v) is 4.00. The Morgan fingerprint density at radius 3 is 2.94 bits per heavy atom. The maximum Gasteiger partial charge on any atom is 0.122 e. The summed E-state index contributed by atoms with van der Waals surface area (Å²) in [5, 5.41) is 8.82. The lowest BCUT2D eigenvalue weighted by molar-refractivity contribution is 0.0325. The Hall–Kier alpha value is -0.910. The number of morpholine rings is 1. The van der Waals surface area contributed by atoms with Crippen molar-refractivity contribution in [3.05, 3.63) is 18.2 Å². The smallest absolute Gasteiger partial charge is 0.122 e. The van der Waals surface area contributed by atoms with Crippen LogP contribution in [-0.2, 0) is 17.8 Å². The number of aliphatic hydroxyl groups is 1. The Morgan fingerprint density at radius 1 is 1.38 bits per heavy atom. The van der Waals surface area contributed by atoms with Crippen LogP contribution >= 0.6 is 0 Å². The zero-order chi connectivity index (χ0) is 11.2. The number of aliphatic hydroxyl groups excluding tert-OH is 1. The largest absolute Gasteiger partial charge is 0.396 e. The minimum absolute atomic E-state index is 0.231. The Labute approximate surface area is 95.7 Å². The lowest BCUT2D eigenvalue weighted by Crippen LogP contribution is -2.36. The summed E-state index contributed by atoms with van der Waals surface area (Å²) in [4.78, 5) is 6.71. The van der Waals surface area contributed by atoms with Crippen LogP contribution in [0, 0.1) is 0 Å². The first-order valence-electron chi connectivity index (χ1n) is 5.81. The first-order valence-corrected chi connectivity index (χ1v) is 5.81. The second kappa shape index (κ2) is 5.98. The van der Waals surface area contributed by atoms with Crippen LogP contribution in [0.15, 0.2) is 12.4 Å². The summed E-state index contributed by atoms with van der Waals surface area (Å²) < 4.78 is 7.43. The first kappa shape index (κ1) is 11.6. The van der Waals surface area contributed by atoms with E-state index in [9.17, 15) is 0 Å². The van der Waals surface area contributed by atoms with Crippen LogP contribution in [0.25, 0.3) is 0 Å². The average molecular weight is 225 g/mol. The number of rotatable bonds is 5. The standard InChI is InChI=1S/C11H19N3O2/c15-7-1-3-14-4-2-12-11(14)10-13-5-8-16-9-6-13/h2,4,15H,1,3,5-10H2. The fraction of sp³-hybridized carbons (Fsp3) is 0.727. The highest BCUT2D eigenvalue weighted by molar-refractivity contribution is 4.92. The van der Waals surface area contributed by atoms with E-state index in [1.807, 2.05) is 12.4 Å². The summed E-state index contributed by atoms with van der Waals surface area (Å²) in [5.74, 6) is 1.08. The zero-order valence-corrected chi connectivity index (χ0v) is 9.51. The summed E-state index contributed by atoms with van der Waals surface area (Å²) in [6.07, 6.45) is 4.59. The molecule has 1 aromatic rings. The number of aryl methyl sites for hydroxylation is 1. The van der Waals surface area contributed by atoms with Gasteiger partial charge in [-0.05, 0) is 6.42 Å². The quantitative estimate of drug-likeness (QED) is 0.772. The topological polar surface area (TPSA) is 50.5 Å². The molecule has 1 N–H and O–H groups in total. The maximum absolute atomic E-state index is 8.82. The van der Waals surface area contributed by atoms with Crippen LogP contribution in [0.4, 0.5) is 0 Å². The van der Waals surface area contributed by atoms with Gasteiger partial charge in [-0.25, -0.2) is 4.98 Å². The van der Waals surface area contributed by atoms with Gasteiger partial charge >= 0.3 is 0 Å². The molecule has 5 nitrogen and oxygen atoms in total. The monoisotopic (exact) mass is 225 g/mol. The maximum atomic E-state index is 8.82. The van der Waals surface area contributed by atoms with Crippen LogP contribution in [0.2, 0.25) is 0 Å². The van der Waals surface area contributed by atoms with Crippen molar-refractivity contribution in [1.29, 1.82) is 0 Å². The van der Waals surface area contributed by atoms with Gasteiger partial charge in [0.2, 0.25) is 0 Å². The number of aromatic nitrogens is 2. The normalized spacial score (nSPS) is 17.8. The molecule has 0 saturated carbocycles. The van der Waals surface area contributed by atoms with Crippen molar-refractivity contribution < 1.29 is 9.84 Å². The Morgan fingerprint density at radius 2 is 2.19 bits per heavy atom. The molecule has 90 valence electrons. The number of ether oxygens (including phenoxy) is 1. The van der Waals surface area contributed by atoms with E-state index in [1.54, 1.807) is 0 Å². The first-order chi connectivity index (χ1) is 7.90. The van der Waals surface area contributed by atoms with E-state index >= 15 is 0 Å². The molecule has 0 atom stereocenters. The minimum Gasteiger partial charge on any atom is -0.396 e. The van der Waals surface area contributed by atoms with Crippen molar-refractivity contribution in [1.82, 2.24) is 14.5 Å². The van der Waals surface area contributed by atoms with Gasteiger partial charge in [-0.3, -0.25) is 4.90 Å². The minimum atomic E-state index is 0.231. The van der Waals surface area contributed by atoms with Gasteiger partial charge in [0.1, 0.15) is 5.82 Å². The molecule has 0 radical (unpaired) electrons. The second-order valence-electron chi connectivity index (χ2n) is 4.00. The van der Waals surface area contributed by atoms with Crippen molar-refractivity contribution in [2.75, 3.05) is 32.9 Å². The highest BCUT2D eigenvalue weighted by Crippen LogP contribution is 2.06. The molecule has 0 aliphatic carbocycles. The molecule has 0 amide bonds. The Kier molecular flexibility index (Phi) is 4.33. The molecule has 1 aromatic heterocycles. The van der Waals surface area contributed by atoms with E-state index in [1.165, 1.54) is 0 Å². The SMILES string of the molecule is OCCCn1ccnc1CN1CCOCC1. The van der Waals surface area contributed by atoms with E-state index in [4.69, 9.17) is 9.84 Å². The van der Waals surface area contributed by atoms with Crippen LogP contribution in [0.1, 0.15) is 12.2 Å². The van der Waals surface area contributed by atoms with Crippen LogP contribution in [-0.4, -0.2) is 52.5 Å². The van der Waals surface area contributed by atoms with Gasteiger partial charge in [-0.1, -0.05) is 0 Å². The summed E-state index contributed by atoms with van der Waals surface area (Å²) in [6.45, 7) is 5.54. The molecule has 1 aliphatic heterocycles. The van der Waals surface area contributed by atoms with Gasteiger partial charge in [0.05, 0.1) is 19.8 Å². The highest BCUT2D eigenvalue weighted by Gasteiger charge is 2.13. The number of hydrogen-bond acceptors (Lipinski definition) is 4. The van der Waals surface area contributed by atoms with E-state index < -0.39 is 0 Å². The number of nitrogens with zero attached hydrogens (tertiary/aromatic N) is 3. The molecule has 2 heterocycles. The van der Waals surface area contributed by atoms with Gasteiger partial charge in [0, 0.05) is 38.6 Å². The van der Waals surface area contributed by atoms with Crippen LogP contribution in [0.3, 0.4) is 0 Å². The lowest BCUT2D eigenvalue weighted by atomic mass is 10.4. The predicted octanol–water partition coefficient (Wildman–Crippen LogP) is 0.0977. The van der Waals surface area contributed by atoms with Gasteiger partial charge < -0.3 is 14.4 Å². The molecule has 2 rings (SSSR count). The lowest BCUT2D eigenvalue weighted by Gasteiger charge is -2.26. The molecule has 0 bridgehead atoms. The van der Waals surface area contributed by atoms with E-state index in [-0.39, 0.29) is 6.61 Å². The fourth-order valence-electron chi connectivity index (χ4n) is 1.90. The molecular weight excluding hydrogens is 206 g/mol. The molecule has 5 heteroatoms. The molecule has 16 heavy (non-hydrogen) atoms. The number of hydrogen-bond donors (Lipinski definition) is 1. The summed E-state index contributed by atoms with van der Waals surface area (Å²) in [5.41, 5.74) is 0. The molecule has 1 fully saturated rings. The summed E-state index contributed by atoms with van der Waals surface area (Å²) >= 11 is 0. The van der Waals surface area contributed by atoms with Crippen molar-refractivity contribution in [3.8, 4) is 0 Å². The van der Waals surface area contributed by atoms with E-state index in [0.29, 0.717) is 0 Å².